The lowest BCUT2D eigenvalue weighted by Crippen LogP contribution is -2.46. The molecule has 0 saturated heterocycles. The van der Waals surface area contributed by atoms with E-state index in [0.29, 0.717) is 17.5 Å². The van der Waals surface area contributed by atoms with Gasteiger partial charge in [0.05, 0.1) is 11.8 Å². The van der Waals surface area contributed by atoms with Crippen LogP contribution in [0.15, 0.2) is 53.3 Å². The molecule has 110 valence electrons. The lowest BCUT2D eigenvalue weighted by atomic mass is 9.78. The Morgan fingerprint density at radius 2 is 1.95 bits per heavy atom. The quantitative estimate of drug-likeness (QED) is 0.855. The fourth-order valence-electron chi connectivity index (χ4n) is 2.27. The Balaban J connectivity index is 2.22. The molecule has 1 aromatic carbocycles. The number of hydrogen-bond donors (Lipinski definition) is 2. The van der Waals surface area contributed by atoms with Gasteiger partial charge in [0.15, 0.2) is 0 Å². The highest BCUT2D eigenvalue weighted by Crippen LogP contribution is 2.28. The van der Waals surface area contributed by atoms with Crippen LogP contribution in [0, 0.1) is 0 Å². The topological polar surface area (TPSA) is 79.5 Å². The molecule has 21 heavy (non-hydrogen) atoms. The van der Waals surface area contributed by atoms with Gasteiger partial charge < -0.3 is 14.8 Å². The van der Waals surface area contributed by atoms with Gasteiger partial charge in [-0.1, -0.05) is 37.3 Å². The molecule has 2 N–H and O–H groups in total. The van der Waals surface area contributed by atoms with Crippen molar-refractivity contribution in [1.82, 2.24) is 5.32 Å². The Hall–Kier alpha value is -2.56. The molecule has 1 atom stereocenters. The third-order valence-electron chi connectivity index (χ3n) is 3.67. The van der Waals surface area contributed by atoms with Gasteiger partial charge in [-0.15, -0.1) is 0 Å². The standard InChI is InChI=1S/C16H17NO4/c1-2-16(15(19)20,13-6-4-3-5-7-13)11-17-14(18)12-8-9-21-10-12/h3-10H,2,11H2,1H3,(H,17,18)(H,19,20). The van der Waals surface area contributed by atoms with Gasteiger partial charge in [-0.25, -0.2) is 0 Å². The average molecular weight is 287 g/mol. The normalized spacial score (nSPS) is 13.4. The van der Waals surface area contributed by atoms with Gasteiger partial charge in [0.25, 0.3) is 5.91 Å². The molecule has 0 aliphatic carbocycles. The summed E-state index contributed by atoms with van der Waals surface area (Å²) in [5, 5.41) is 12.3. The summed E-state index contributed by atoms with van der Waals surface area (Å²) >= 11 is 0. The SMILES string of the molecule is CCC(CNC(=O)c1ccoc1)(C(=O)O)c1ccccc1. The second-order valence-electron chi connectivity index (χ2n) is 4.80. The Bertz CT molecular complexity index is 606. The summed E-state index contributed by atoms with van der Waals surface area (Å²) < 4.78 is 4.85. The molecule has 1 unspecified atom stereocenters. The predicted molar refractivity (Wildman–Crippen MR) is 77.1 cm³/mol. The summed E-state index contributed by atoms with van der Waals surface area (Å²) in [4.78, 5) is 23.7. The van der Waals surface area contributed by atoms with Crippen LogP contribution in [0.2, 0.25) is 0 Å². The molecule has 1 heterocycles. The van der Waals surface area contributed by atoms with Gasteiger partial charge in [0.2, 0.25) is 0 Å². The van der Waals surface area contributed by atoms with E-state index >= 15 is 0 Å². The van der Waals surface area contributed by atoms with Crippen LogP contribution < -0.4 is 5.32 Å². The van der Waals surface area contributed by atoms with Gasteiger partial charge in [-0.2, -0.15) is 0 Å². The van der Waals surface area contributed by atoms with Crippen molar-refractivity contribution in [2.24, 2.45) is 0 Å². The lowest BCUT2D eigenvalue weighted by Gasteiger charge is -2.29. The van der Waals surface area contributed by atoms with Crippen LogP contribution in [0.25, 0.3) is 0 Å². The third kappa shape index (κ3) is 2.97. The molecule has 0 saturated carbocycles. The summed E-state index contributed by atoms with van der Waals surface area (Å²) in [6, 6.07) is 10.5. The minimum atomic E-state index is -1.14. The minimum absolute atomic E-state index is 0.0207. The van der Waals surface area contributed by atoms with Crippen molar-refractivity contribution in [2.75, 3.05) is 6.54 Å². The molecule has 0 fully saturated rings. The van der Waals surface area contributed by atoms with E-state index in [1.807, 2.05) is 6.07 Å². The summed E-state index contributed by atoms with van der Waals surface area (Å²) in [6.45, 7) is 1.82. The number of benzene rings is 1. The largest absolute Gasteiger partial charge is 0.481 e. The molecule has 0 radical (unpaired) electrons. The number of carbonyl (C=O) groups is 2. The van der Waals surface area contributed by atoms with E-state index in [2.05, 4.69) is 5.32 Å². The highest BCUT2D eigenvalue weighted by molar-refractivity contribution is 5.94. The molecule has 0 aliphatic heterocycles. The second kappa shape index (κ2) is 6.26. The molecule has 1 amide bonds. The molecular formula is C16H17NO4. The van der Waals surface area contributed by atoms with Gasteiger partial charge >= 0.3 is 5.97 Å². The van der Waals surface area contributed by atoms with Gasteiger partial charge in [-0.05, 0) is 18.1 Å². The molecule has 2 rings (SSSR count). The summed E-state index contributed by atoms with van der Waals surface area (Å²) in [7, 11) is 0. The van der Waals surface area contributed by atoms with Crippen molar-refractivity contribution in [1.29, 1.82) is 0 Å². The number of aliphatic carboxylic acids is 1. The maximum atomic E-state index is 12.0. The first-order valence-electron chi connectivity index (χ1n) is 6.69. The molecule has 1 aromatic heterocycles. The van der Waals surface area contributed by atoms with Crippen LogP contribution in [0.4, 0.5) is 0 Å². The highest BCUT2D eigenvalue weighted by Gasteiger charge is 2.39. The van der Waals surface area contributed by atoms with Crippen molar-refractivity contribution < 1.29 is 19.1 Å². The Labute approximate surface area is 122 Å². The Kier molecular flexibility index (Phi) is 4.42. The van der Waals surface area contributed by atoms with Crippen LogP contribution in [0.3, 0.4) is 0 Å². The summed E-state index contributed by atoms with van der Waals surface area (Å²) in [6.07, 6.45) is 3.10. The van der Waals surface area contributed by atoms with Crippen molar-refractivity contribution in [3.8, 4) is 0 Å². The Morgan fingerprint density at radius 1 is 1.24 bits per heavy atom. The zero-order valence-electron chi connectivity index (χ0n) is 11.7. The fraction of sp³-hybridized carbons (Fsp3) is 0.250. The van der Waals surface area contributed by atoms with Crippen LogP contribution in [0.5, 0.6) is 0 Å². The number of carboxylic acids is 1. The number of nitrogens with one attached hydrogen (secondary N) is 1. The molecule has 0 aliphatic rings. The van der Waals surface area contributed by atoms with Gasteiger partial charge in [0, 0.05) is 6.54 Å². The van der Waals surface area contributed by atoms with E-state index in [1.165, 1.54) is 18.6 Å². The first-order valence-corrected chi connectivity index (χ1v) is 6.69. The number of hydrogen-bond acceptors (Lipinski definition) is 3. The molecule has 0 spiro atoms. The van der Waals surface area contributed by atoms with E-state index in [1.54, 1.807) is 31.2 Å². The van der Waals surface area contributed by atoms with Crippen LogP contribution in [-0.4, -0.2) is 23.5 Å². The number of carbonyl (C=O) groups excluding carboxylic acids is 1. The highest BCUT2D eigenvalue weighted by atomic mass is 16.4. The number of amides is 1. The molecule has 5 heteroatoms. The molecule has 5 nitrogen and oxygen atoms in total. The van der Waals surface area contributed by atoms with Crippen molar-refractivity contribution >= 4 is 11.9 Å². The zero-order chi connectivity index (χ0) is 15.3. The van der Waals surface area contributed by atoms with Crippen LogP contribution >= 0.6 is 0 Å². The van der Waals surface area contributed by atoms with Crippen molar-refractivity contribution in [3.05, 3.63) is 60.1 Å². The van der Waals surface area contributed by atoms with E-state index < -0.39 is 11.4 Å². The molecule has 0 bridgehead atoms. The van der Waals surface area contributed by atoms with Gasteiger partial charge in [-0.3, -0.25) is 9.59 Å². The number of furan rings is 1. The number of rotatable bonds is 6. The zero-order valence-corrected chi connectivity index (χ0v) is 11.7. The maximum Gasteiger partial charge on any atom is 0.315 e. The fourth-order valence-corrected chi connectivity index (χ4v) is 2.27. The second-order valence-corrected chi connectivity index (χ2v) is 4.80. The van der Waals surface area contributed by atoms with Crippen LogP contribution in [0.1, 0.15) is 29.3 Å². The summed E-state index contributed by atoms with van der Waals surface area (Å²) in [5.41, 5.74) is -0.0911. The van der Waals surface area contributed by atoms with Crippen molar-refractivity contribution in [3.63, 3.8) is 0 Å². The minimum Gasteiger partial charge on any atom is -0.481 e. The average Bonchev–Trinajstić information content (AvgIpc) is 3.03. The van der Waals surface area contributed by atoms with E-state index in [4.69, 9.17) is 4.42 Å². The maximum absolute atomic E-state index is 12.0. The smallest absolute Gasteiger partial charge is 0.315 e. The Morgan fingerprint density at radius 3 is 2.48 bits per heavy atom. The monoisotopic (exact) mass is 287 g/mol. The number of carboxylic acid groups (broad SMARTS) is 1. The lowest BCUT2D eigenvalue weighted by molar-refractivity contribution is -0.143. The molecular weight excluding hydrogens is 270 g/mol. The molecule has 2 aromatic rings. The van der Waals surface area contributed by atoms with Crippen LogP contribution in [-0.2, 0) is 10.2 Å². The van der Waals surface area contributed by atoms with Gasteiger partial charge in [0.1, 0.15) is 11.7 Å². The van der Waals surface area contributed by atoms with Crippen molar-refractivity contribution in [2.45, 2.75) is 18.8 Å². The third-order valence-corrected chi connectivity index (χ3v) is 3.67. The predicted octanol–water partition coefficient (Wildman–Crippen LogP) is 2.44. The van der Waals surface area contributed by atoms with E-state index in [-0.39, 0.29) is 12.5 Å². The van der Waals surface area contributed by atoms with E-state index in [0.717, 1.165) is 0 Å². The first-order chi connectivity index (χ1) is 10.1. The van der Waals surface area contributed by atoms with E-state index in [9.17, 15) is 14.7 Å². The first kappa shape index (κ1) is 14.8. The summed E-state index contributed by atoms with van der Waals surface area (Å²) in [5.74, 6) is -1.30.